The van der Waals surface area contributed by atoms with Crippen molar-refractivity contribution in [2.45, 2.75) is 12.6 Å². The summed E-state index contributed by atoms with van der Waals surface area (Å²) >= 11 is 5.94. The molecule has 0 aliphatic carbocycles. The van der Waals surface area contributed by atoms with Crippen LogP contribution < -0.4 is 4.74 Å². The summed E-state index contributed by atoms with van der Waals surface area (Å²) in [6.45, 7) is 0.101. The minimum atomic E-state index is -0.902. The van der Waals surface area contributed by atoms with Gasteiger partial charge in [0.2, 0.25) is 0 Å². The fourth-order valence-corrected chi connectivity index (χ4v) is 3.83. The Balaban J connectivity index is 1.89. The molecule has 162 valence electrons. The molecular formula is C24H19ClN2O5. The molecule has 2 aromatic carbocycles. The third-order valence-corrected chi connectivity index (χ3v) is 5.50. The lowest BCUT2D eigenvalue weighted by Gasteiger charge is -2.25. The Morgan fingerprint density at radius 1 is 1.16 bits per heavy atom. The number of likely N-dealkylation sites (tertiary alicyclic amines) is 1. The first kappa shape index (κ1) is 21.4. The van der Waals surface area contributed by atoms with Gasteiger partial charge in [0.25, 0.3) is 11.7 Å². The maximum atomic E-state index is 13.1. The van der Waals surface area contributed by atoms with E-state index in [0.717, 1.165) is 5.56 Å². The molecule has 4 rings (SSSR count). The third kappa shape index (κ3) is 3.90. The molecule has 3 aromatic rings. The molecular weight excluding hydrogens is 432 g/mol. The molecule has 2 heterocycles. The summed E-state index contributed by atoms with van der Waals surface area (Å²) in [5.41, 5.74) is 1.51. The van der Waals surface area contributed by atoms with Crippen molar-refractivity contribution in [3.8, 4) is 11.5 Å². The highest BCUT2D eigenvalue weighted by molar-refractivity contribution is 6.46. The number of carbonyl (C=O) groups is 2. The average molecular weight is 451 g/mol. The highest BCUT2D eigenvalue weighted by atomic mass is 35.5. The normalized spacial score (nSPS) is 17.6. The SMILES string of the molecule is COc1cc([C@H]2/C(=C(\O)c3ccc(Cl)cc3)C(=O)C(=O)N2Cc2cccnc2)ccc1O. The molecule has 8 heteroatoms. The van der Waals surface area contributed by atoms with Gasteiger partial charge in [0.15, 0.2) is 11.5 Å². The van der Waals surface area contributed by atoms with Crippen molar-refractivity contribution in [3.05, 3.63) is 94.3 Å². The molecule has 0 bridgehead atoms. The van der Waals surface area contributed by atoms with E-state index in [0.29, 0.717) is 16.1 Å². The average Bonchev–Trinajstić information content (AvgIpc) is 3.05. The van der Waals surface area contributed by atoms with Crippen molar-refractivity contribution in [3.63, 3.8) is 0 Å². The number of nitrogens with zero attached hydrogens (tertiary/aromatic N) is 2. The van der Waals surface area contributed by atoms with Crippen LogP contribution in [0.5, 0.6) is 11.5 Å². The zero-order chi connectivity index (χ0) is 22.8. The minimum absolute atomic E-state index is 0.0612. The maximum absolute atomic E-state index is 13.1. The van der Waals surface area contributed by atoms with Crippen molar-refractivity contribution in [2.75, 3.05) is 7.11 Å². The third-order valence-electron chi connectivity index (χ3n) is 5.25. The number of amides is 1. The van der Waals surface area contributed by atoms with Gasteiger partial charge in [-0.1, -0.05) is 23.7 Å². The summed E-state index contributed by atoms with van der Waals surface area (Å²) < 4.78 is 5.20. The summed E-state index contributed by atoms with van der Waals surface area (Å²) in [7, 11) is 1.40. The Hall–Kier alpha value is -3.84. The number of aliphatic hydroxyl groups is 1. The molecule has 0 saturated carbocycles. The predicted octanol–water partition coefficient (Wildman–Crippen LogP) is 4.07. The number of hydrogen-bond donors (Lipinski definition) is 2. The largest absolute Gasteiger partial charge is 0.507 e. The molecule has 32 heavy (non-hydrogen) atoms. The monoisotopic (exact) mass is 450 g/mol. The van der Waals surface area contributed by atoms with Crippen LogP contribution in [0.15, 0.2) is 72.6 Å². The lowest BCUT2D eigenvalue weighted by Crippen LogP contribution is -2.29. The van der Waals surface area contributed by atoms with E-state index < -0.39 is 17.7 Å². The van der Waals surface area contributed by atoms with Gasteiger partial charge in [-0.15, -0.1) is 0 Å². The van der Waals surface area contributed by atoms with Crippen molar-refractivity contribution < 1.29 is 24.5 Å². The van der Waals surface area contributed by atoms with Crippen LogP contribution in [0.2, 0.25) is 5.02 Å². The first-order chi connectivity index (χ1) is 15.4. The van der Waals surface area contributed by atoms with Crippen molar-refractivity contribution in [2.24, 2.45) is 0 Å². The van der Waals surface area contributed by atoms with Crippen molar-refractivity contribution in [1.82, 2.24) is 9.88 Å². The fraction of sp³-hybridized carbons (Fsp3) is 0.125. The number of phenolic OH excluding ortho intramolecular Hbond substituents is 1. The number of rotatable bonds is 5. The van der Waals surface area contributed by atoms with E-state index in [1.54, 1.807) is 54.9 Å². The van der Waals surface area contributed by atoms with E-state index >= 15 is 0 Å². The molecule has 2 N–H and O–H groups in total. The van der Waals surface area contributed by atoms with Gasteiger partial charge in [0.1, 0.15) is 5.76 Å². The summed E-state index contributed by atoms with van der Waals surface area (Å²) in [6, 6.07) is 13.5. The van der Waals surface area contributed by atoms with Crippen LogP contribution in [0.3, 0.4) is 0 Å². The molecule has 1 saturated heterocycles. The predicted molar refractivity (Wildman–Crippen MR) is 118 cm³/mol. The van der Waals surface area contributed by atoms with Gasteiger partial charge in [0, 0.05) is 29.5 Å². The highest BCUT2D eigenvalue weighted by Crippen LogP contribution is 2.42. The number of aliphatic hydroxyl groups excluding tert-OH is 1. The number of benzene rings is 2. The molecule has 1 aliphatic rings. The second-order valence-electron chi connectivity index (χ2n) is 7.23. The Kier molecular flexibility index (Phi) is 5.83. The van der Waals surface area contributed by atoms with Gasteiger partial charge in [-0.3, -0.25) is 14.6 Å². The Morgan fingerprint density at radius 2 is 1.91 bits per heavy atom. The number of ether oxygens (including phenoxy) is 1. The Morgan fingerprint density at radius 3 is 2.56 bits per heavy atom. The van der Waals surface area contributed by atoms with Crippen LogP contribution in [-0.4, -0.2) is 38.9 Å². The topological polar surface area (TPSA) is 100.0 Å². The molecule has 1 amide bonds. The fourth-order valence-electron chi connectivity index (χ4n) is 3.71. The lowest BCUT2D eigenvalue weighted by molar-refractivity contribution is -0.140. The van der Waals surface area contributed by atoms with E-state index in [2.05, 4.69) is 4.98 Å². The number of ketones is 1. The number of pyridine rings is 1. The van der Waals surface area contributed by atoms with Gasteiger partial charge < -0.3 is 19.8 Å². The van der Waals surface area contributed by atoms with Crippen molar-refractivity contribution >= 4 is 29.1 Å². The van der Waals surface area contributed by atoms with Gasteiger partial charge in [0.05, 0.1) is 18.7 Å². The lowest BCUT2D eigenvalue weighted by atomic mass is 9.95. The first-order valence-electron chi connectivity index (χ1n) is 9.71. The van der Waals surface area contributed by atoms with Crippen LogP contribution in [-0.2, 0) is 16.1 Å². The molecule has 0 radical (unpaired) electrons. The molecule has 1 fully saturated rings. The van der Waals surface area contributed by atoms with Gasteiger partial charge >= 0.3 is 0 Å². The molecule has 1 aromatic heterocycles. The first-order valence-corrected chi connectivity index (χ1v) is 10.1. The number of methoxy groups -OCH3 is 1. The van der Waals surface area contributed by atoms with Crippen LogP contribution in [0, 0.1) is 0 Å². The van der Waals surface area contributed by atoms with E-state index in [-0.39, 0.29) is 29.4 Å². The number of halogens is 1. The Bertz CT molecular complexity index is 1210. The number of Topliss-reactive ketones (excluding diaryl/α,β-unsaturated/α-hetero) is 1. The number of aromatic hydroxyl groups is 1. The number of phenols is 1. The van der Waals surface area contributed by atoms with E-state index in [1.165, 1.54) is 24.1 Å². The van der Waals surface area contributed by atoms with Gasteiger partial charge in [-0.2, -0.15) is 0 Å². The standard InChI is InChI=1S/C24H19ClN2O5/c1-32-19-11-16(6-9-18(19)28)21-20(22(29)15-4-7-17(25)8-5-15)23(30)24(31)27(21)13-14-3-2-10-26-12-14/h2-12,21,28-29H,13H2,1H3/b22-20+/t21-/m0/s1. The number of carbonyl (C=O) groups excluding carboxylic acids is 2. The summed E-state index contributed by atoms with van der Waals surface area (Å²) in [5, 5.41) is 21.5. The second kappa shape index (κ2) is 8.72. The molecule has 1 atom stereocenters. The quantitative estimate of drug-likeness (QED) is 0.345. The van der Waals surface area contributed by atoms with E-state index in [9.17, 15) is 19.8 Å². The Labute approximate surface area is 189 Å². The molecule has 0 spiro atoms. The zero-order valence-electron chi connectivity index (χ0n) is 17.0. The summed E-state index contributed by atoms with van der Waals surface area (Å²) in [4.78, 5) is 31.5. The van der Waals surface area contributed by atoms with Crippen LogP contribution in [0.1, 0.15) is 22.7 Å². The van der Waals surface area contributed by atoms with Gasteiger partial charge in [-0.25, -0.2) is 0 Å². The number of hydrogen-bond acceptors (Lipinski definition) is 6. The van der Waals surface area contributed by atoms with Crippen LogP contribution in [0.25, 0.3) is 5.76 Å². The minimum Gasteiger partial charge on any atom is -0.507 e. The zero-order valence-corrected chi connectivity index (χ0v) is 17.8. The number of aromatic nitrogens is 1. The second-order valence-corrected chi connectivity index (χ2v) is 7.66. The molecule has 7 nitrogen and oxygen atoms in total. The summed E-state index contributed by atoms with van der Waals surface area (Å²) in [5.74, 6) is -1.77. The van der Waals surface area contributed by atoms with Crippen LogP contribution in [0.4, 0.5) is 0 Å². The smallest absolute Gasteiger partial charge is 0.295 e. The van der Waals surface area contributed by atoms with Gasteiger partial charge in [-0.05, 0) is 53.6 Å². The van der Waals surface area contributed by atoms with Crippen molar-refractivity contribution in [1.29, 1.82) is 0 Å². The van der Waals surface area contributed by atoms with E-state index in [4.69, 9.17) is 16.3 Å². The molecule has 1 aliphatic heterocycles. The highest BCUT2D eigenvalue weighted by Gasteiger charge is 2.46. The van der Waals surface area contributed by atoms with E-state index in [1.807, 2.05) is 0 Å². The maximum Gasteiger partial charge on any atom is 0.295 e. The summed E-state index contributed by atoms with van der Waals surface area (Å²) in [6.07, 6.45) is 3.22. The van der Waals surface area contributed by atoms with Crippen LogP contribution >= 0.6 is 11.6 Å². The molecule has 0 unspecified atom stereocenters.